The Morgan fingerprint density at radius 1 is 1.00 bits per heavy atom. The second-order valence-electron chi connectivity index (χ2n) is 8.73. The van der Waals surface area contributed by atoms with Crippen molar-refractivity contribution in [2.24, 2.45) is 0 Å². The van der Waals surface area contributed by atoms with Crippen LogP contribution in [0.3, 0.4) is 0 Å². The maximum atomic E-state index is 11.4. The van der Waals surface area contributed by atoms with Crippen LogP contribution in [0.2, 0.25) is 0 Å². The second-order valence-corrected chi connectivity index (χ2v) is 12.3. The van der Waals surface area contributed by atoms with Crippen LogP contribution in [-0.2, 0) is 20.4 Å². The molecule has 1 N–H and O–H groups in total. The van der Waals surface area contributed by atoms with Gasteiger partial charge in [-0.2, -0.15) is 0 Å². The Morgan fingerprint density at radius 2 is 1.44 bits per heavy atom. The highest BCUT2D eigenvalue weighted by Gasteiger charge is 2.29. The number of esters is 1. The SMILES string of the molecule is COC(=O)CSC(C)(C)Sc1cc(C(C)(C)C)c(O)c(C(C)(C)C)c1. The summed E-state index contributed by atoms with van der Waals surface area (Å²) < 4.78 is 4.55. The number of benzene rings is 1. The Kier molecular flexibility index (Phi) is 6.96. The summed E-state index contributed by atoms with van der Waals surface area (Å²) in [6.45, 7) is 16.9. The highest BCUT2D eigenvalue weighted by Crippen LogP contribution is 2.46. The fourth-order valence-electron chi connectivity index (χ4n) is 2.42. The summed E-state index contributed by atoms with van der Waals surface area (Å²) in [5.74, 6) is 0.506. The van der Waals surface area contributed by atoms with Crippen LogP contribution in [0.1, 0.15) is 66.5 Å². The summed E-state index contributed by atoms with van der Waals surface area (Å²) in [4.78, 5) is 12.5. The number of aromatic hydroxyl groups is 1. The minimum Gasteiger partial charge on any atom is -0.507 e. The third-order valence-electron chi connectivity index (χ3n) is 3.83. The summed E-state index contributed by atoms with van der Waals surface area (Å²) >= 11 is 3.27. The molecule has 0 bridgehead atoms. The number of ether oxygens (including phenoxy) is 1. The lowest BCUT2D eigenvalue weighted by Crippen LogP contribution is -2.18. The monoisotopic (exact) mass is 384 g/mol. The Morgan fingerprint density at radius 3 is 1.80 bits per heavy atom. The lowest BCUT2D eigenvalue weighted by molar-refractivity contribution is -0.137. The number of rotatable bonds is 5. The second kappa shape index (κ2) is 7.83. The molecule has 0 amide bonds. The molecule has 3 nitrogen and oxygen atoms in total. The third kappa shape index (κ3) is 6.45. The number of phenolic OH excluding ortho intramolecular Hbond substituents is 1. The van der Waals surface area contributed by atoms with E-state index in [4.69, 9.17) is 4.74 Å². The van der Waals surface area contributed by atoms with Crippen molar-refractivity contribution in [2.45, 2.75) is 75.2 Å². The van der Waals surface area contributed by atoms with E-state index in [2.05, 4.69) is 67.5 Å². The fourth-order valence-corrected chi connectivity index (χ4v) is 4.62. The van der Waals surface area contributed by atoms with Gasteiger partial charge < -0.3 is 9.84 Å². The topological polar surface area (TPSA) is 46.5 Å². The minimum atomic E-state index is -0.213. The number of phenols is 1. The largest absolute Gasteiger partial charge is 0.507 e. The van der Waals surface area contributed by atoms with E-state index in [1.807, 2.05) is 0 Å². The van der Waals surface area contributed by atoms with E-state index in [-0.39, 0.29) is 20.9 Å². The predicted octanol–water partition coefficient (Wildman–Crippen LogP) is 5.72. The van der Waals surface area contributed by atoms with Gasteiger partial charge in [-0.3, -0.25) is 4.79 Å². The molecule has 0 aliphatic carbocycles. The molecule has 0 radical (unpaired) electrons. The van der Waals surface area contributed by atoms with Gasteiger partial charge in [-0.1, -0.05) is 41.5 Å². The smallest absolute Gasteiger partial charge is 0.315 e. The van der Waals surface area contributed by atoms with E-state index in [1.165, 1.54) is 7.11 Å². The average Bonchev–Trinajstić information content (AvgIpc) is 2.43. The Labute approximate surface area is 161 Å². The summed E-state index contributed by atoms with van der Waals surface area (Å²) in [5, 5.41) is 10.8. The van der Waals surface area contributed by atoms with Crippen LogP contribution in [-0.4, -0.2) is 28.0 Å². The Bertz CT molecular complexity index is 588. The zero-order chi connectivity index (χ0) is 19.6. The van der Waals surface area contributed by atoms with Crippen molar-refractivity contribution in [3.8, 4) is 5.75 Å². The van der Waals surface area contributed by atoms with Crippen LogP contribution in [0.15, 0.2) is 17.0 Å². The molecule has 0 unspecified atom stereocenters. The van der Waals surface area contributed by atoms with Gasteiger partial charge in [0.05, 0.1) is 16.9 Å². The van der Waals surface area contributed by atoms with Gasteiger partial charge in [-0.05, 0) is 36.8 Å². The molecular weight excluding hydrogens is 352 g/mol. The van der Waals surface area contributed by atoms with E-state index in [0.29, 0.717) is 11.5 Å². The quantitative estimate of drug-likeness (QED) is 0.399. The first-order valence-corrected chi connectivity index (χ1v) is 10.3. The molecule has 0 aromatic heterocycles. The number of carbonyl (C=O) groups excluding carboxylic acids is 1. The predicted molar refractivity (Wildman–Crippen MR) is 110 cm³/mol. The zero-order valence-electron chi connectivity index (χ0n) is 16.9. The van der Waals surface area contributed by atoms with Crippen LogP contribution in [0.5, 0.6) is 5.75 Å². The van der Waals surface area contributed by atoms with Crippen molar-refractivity contribution < 1.29 is 14.6 Å². The van der Waals surface area contributed by atoms with E-state index < -0.39 is 0 Å². The molecule has 0 heterocycles. The molecule has 0 atom stereocenters. The zero-order valence-corrected chi connectivity index (χ0v) is 18.6. The van der Waals surface area contributed by atoms with Crippen LogP contribution < -0.4 is 0 Å². The maximum absolute atomic E-state index is 11.4. The number of carbonyl (C=O) groups is 1. The van der Waals surface area contributed by atoms with Gasteiger partial charge >= 0.3 is 5.97 Å². The minimum absolute atomic E-state index is 0.149. The summed E-state index contributed by atoms with van der Waals surface area (Å²) in [6, 6.07) is 4.16. The first kappa shape index (κ1) is 22.2. The molecule has 0 fully saturated rings. The van der Waals surface area contributed by atoms with E-state index in [1.54, 1.807) is 23.5 Å². The maximum Gasteiger partial charge on any atom is 0.315 e. The fraction of sp³-hybridized carbons (Fsp3) is 0.650. The van der Waals surface area contributed by atoms with Crippen molar-refractivity contribution >= 4 is 29.5 Å². The number of hydrogen-bond acceptors (Lipinski definition) is 5. The number of methoxy groups -OCH3 is 1. The van der Waals surface area contributed by atoms with Crippen molar-refractivity contribution in [1.29, 1.82) is 0 Å². The molecule has 1 aromatic rings. The van der Waals surface area contributed by atoms with Crippen LogP contribution in [0, 0.1) is 0 Å². The molecule has 142 valence electrons. The lowest BCUT2D eigenvalue weighted by atomic mass is 9.79. The molecule has 0 saturated heterocycles. The van der Waals surface area contributed by atoms with E-state index in [0.717, 1.165) is 16.0 Å². The Balaban J connectivity index is 3.25. The van der Waals surface area contributed by atoms with E-state index in [9.17, 15) is 9.90 Å². The average molecular weight is 385 g/mol. The Hall–Kier alpha value is -0.810. The van der Waals surface area contributed by atoms with Gasteiger partial charge in [0.2, 0.25) is 0 Å². The van der Waals surface area contributed by atoms with Crippen molar-refractivity contribution in [3.63, 3.8) is 0 Å². The van der Waals surface area contributed by atoms with Gasteiger partial charge in [0, 0.05) is 16.0 Å². The molecule has 1 aromatic carbocycles. The van der Waals surface area contributed by atoms with Crippen molar-refractivity contribution in [3.05, 3.63) is 23.3 Å². The summed E-state index contributed by atoms with van der Waals surface area (Å²) in [7, 11) is 1.41. The normalized spacial score (nSPS) is 13.0. The molecule has 25 heavy (non-hydrogen) atoms. The lowest BCUT2D eigenvalue weighted by Gasteiger charge is -2.30. The summed E-state index contributed by atoms with van der Waals surface area (Å²) in [5.41, 5.74) is 1.61. The molecular formula is C20H32O3S2. The van der Waals surface area contributed by atoms with Crippen LogP contribution >= 0.6 is 23.5 Å². The first-order chi connectivity index (χ1) is 11.2. The van der Waals surface area contributed by atoms with Crippen molar-refractivity contribution in [1.82, 2.24) is 0 Å². The van der Waals surface area contributed by atoms with Gasteiger partial charge in [0.15, 0.2) is 0 Å². The van der Waals surface area contributed by atoms with Gasteiger partial charge in [0.25, 0.3) is 0 Å². The van der Waals surface area contributed by atoms with Crippen LogP contribution in [0.4, 0.5) is 0 Å². The standard InChI is InChI=1S/C20H32O3S2/c1-18(2,3)14-10-13(11-15(17(14)22)19(4,5)6)25-20(7,8)24-12-16(21)23-9/h10-11,22H,12H2,1-9H3. The number of thioether (sulfide) groups is 2. The molecule has 1 rings (SSSR count). The summed E-state index contributed by atoms with van der Waals surface area (Å²) in [6.07, 6.45) is 0. The van der Waals surface area contributed by atoms with E-state index >= 15 is 0 Å². The molecule has 0 saturated carbocycles. The number of hydrogen-bond donors (Lipinski definition) is 1. The van der Waals surface area contributed by atoms with Gasteiger partial charge in [0.1, 0.15) is 5.75 Å². The van der Waals surface area contributed by atoms with Crippen LogP contribution in [0.25, 0.3) is 0 Å². The van der Waals surface area contributed by atoms with Crippen molar-refractivity contribution in [2.75, 3.05) is 12.9 Å². The molecule has 0 spiro atoms. The van der Waals surface area contributed by atoms with Gasteiger partial charge in [-0.15, -0.1) is 23.5 Å². The molecule has 5 heteroatoms. The highest BCUT2D eigenvalue weighted by molar-refractivity contribution is 8.18. The third-order valence-corrected chi connectivity index (χ3v) is 6.47. The van der Waals surface area contributed by atoms with Gasteiger partial charge in [-0.25, -0.2) is 0 Å². The first-order valence-electron chi connectivity index (χ1n) is 8.45. The molecule has 0 aliphatic rings. The highest BCUT2D eigenvalue weighted by atomic mass is 32.2. The molecule has 0 aliphatic heterocycles.